The first-order chi connectivity index (χ1) is 8.68. The summed E-state index contributed by atoms with van der Waals surface area (Å²) >= 11 is 7.09. The van der Waals surface area contributed by atoms with Gasteiger partial charge in [0, 0.05) is 18.0 Å². The van der Waals surface area contributed by atoms with Crippen molar-refractivity contribution < 1.29 is 0 Å². The van der Waals surface area contributed by atoms with E-state index in [9.17, 15) is 0 Å². The van der Waals surface area contributed by atoms with Crippen LogP contribution in [0.4, 0.5) is 5.95 Å². The molecule has 1 aliphatic carbocycles. The van der Waals surface area contributed by atoms with Crippen LogP contribution in [-0.4, -0.2) is 21.8 Å². The molecule has 2 aromatic rings. The van der Waals surface area contributed by atoms with Crippen molar-refractivity contribution in [2.24, 2.45) is 0 Å². The highest BCUT2D eigenvalue weighted by molar-refractivity contribution is 7.71. The van der Waals surface area contributed by atoms with Crippen LogP contribution in [-0.2, 0) is 0 Å². The predicted octanol–water partition coefficient (Wildman–Crippen LogP) is 3.53. The summed E-state index contributed by atoms with van der Waals surface area (Å²) in [4.78, 5) is 3.53. The Balaban J connectivity index is 1.92. The van der Waals surface area contributed by atoms with Crippen molar-refractivity contribution in [3.63, 3.8) is 0 Å². The second-order valence-corrected chi connectivity index (χ2v) is 6.10. The first-order valence-corrected chi connectivity index (χ1v) is 7.40. The Morgan fingerprint density at radius 2 is 2.39 bits per heavy atom. The third-order valence-corrected chi connectivity index (χ3v) is 4.78. The molecule has 1 saturated carbocycles. The minimum atomic E-state index is 0.313. The second kappa shape index (κ2) is 4.51. The van der Waals surface area contributed by atoms with E-state index >= 15 is 0 Å². The first kappa shape index (κ1) is 11.9. The average Bonchev–Trinajstić information content (AvgIpc) is 2.92. The van der Waals surface area contributed by atoms with Crippen molar-refractivity contribution in [1.29, 1.82) is 0 Å². The van der Waals surface area contributed by atoms with Crippen LogP contribution in [0.15, 0.2) is 17.5 Å². The van der Waals surface area contributed by atoms with Crippen LogP contribution in [0.2, 0.25) is 0 Å². The molecule has 0 radical (unpaired) electrons. The summed E-state index contributed by atoms with van der Waals surface area (Å²) in [5.74, 6) is 0.948. The Morgan fingerprint density at radius 1 is 1.61 bits per heavy atom. The van der Waals surface area contributed by atoms with Gasteiger partial charge in [0.2, 0.25) is 5.95 Å². The number of nitrogens with one attached hydrogen (secondary N) is 1. The molecule has 4 nitrogen and oxygen atoms in total. The molecule has 0 spiro atoms. The van der Waals surface area contributed by atoms with Crippen molar-refractivity contribution in [3.05, 3.63) is 27.2 Å². The van der Waals surface area contributed by atoms with Crippen molar-refractivity contribution in [2.75, 3.05) is 11.9 Å². The van der Waals surface area contributed by atoms with Crippen LogP contribution in [0.1, 0.15) is 36.7 Å². The SMILES string of the molecule is CC(c1cccs1)N(C)c1n[nH]c(=S)n1C1CC1. The molecule has 0 saturated heterocycles. The van der Waals surface area contributed by atoms with E-state index in [1.807, 2.05) is 0 Å². The van der Waals surface area contributed by atoms with Gasteiger partial charge in [-0.05, 0) is 43.4 Å². The van der Waals surface area contributed by atoms with E-state index in [4.69, 9.17) is 12.2 Å². The minimum absolute atomic E-state index is 0.313. The van der Waals surface area contributed by atoms with Gasteiger partial charge < -0.3 is 4.90 Å². The van der Waals surface area contributed by atoms with Crippen LogP contribution in [0, 0.1) is 4.77 Å². The molecule has 2 heterocycles. The van der Waals surface area contributed by atoms with Crippen LogP contribution in [0.25, 0.3) is 0 Å². The Hall–Kier alpha value is -1.14. The molecular formula is C12H16N4S2. The molecule has 3 rings (SSSR count). The molecule has 0 aliphatic heterocycles. The Kier molecular flexibility index (Phi) is 2.99. The molecule has 1 unspecified atom stereocenters. The van der Waals surface area contributed by atoms with E-state index in [2.05, 4.69) is 51.1 Å². The lowest BCUT2D eigenvalue weighted by atomic mass is 10.2. The summed E-state index contributed by atoms with van der Waals surface area (Å²) in [6, 6.07) is 5.11. The molecule has 96 valence electrons. The summed E-state index contributed by atoms with van der Waals surface area (Å²) in [6.45, 7) is 2.20. The molecule has 1 N–H and O–H groups in total. The Bertz CT molecular complexity index is 579. The van der Waals surface area contributed by atoms with Crippen LogP contribution in [0.5, 0.6) is 0 Å². The summed E-state index contributed by atoms with van der Waals surface area (Å²) in [5, 5.41) is 9.41. The zero-order chi connectivity index (χ0) is 12.7. The largest absolute Gasteiger partial charge is 0.336 e. The molecule has 0 aromatic carbocycles. The van der Waals surface area contributed by atoms with E-state index in [0.29, 0.717) is 12.1 Å². The van der Waals surface area contributed by atoms with Crippen LogP contribution >= 0.6 is 23.6 Å². The lowest BCUT2D eigenvalue weighted by Crippen LogP contribution is -2.24. The van der Waals surface area contributed by atoms with Gasteiger partial charge in [-0.25, -0.2) is 5.10 Å². The zero-order valence-corrected chi connectivity index (χ0v) is 12.1. The maximum absolute atomic E-state index is 5.32. The van der Waals surface area contributed by atoms with Gasteiger partial charge in [-0.2, -0.15) is 0 Å². The monoisotopic (exact) mass is 280 g/mol. The minimum Gasteiger partial charge on any atom is -0.336 e. The number of thiophene rings is 1. The van der Waals surface area contributed by atoms with Gasteiger partial charge in [0.25, 0.3) is 0 Å². The highest BCUT2D eigenvalue weighted by Crippen LogP contribution is 2.39. The number of H-pyrrole nitrogens is 1. The maximum Gasteiger partial charge on any atom is 0.226 e. The third-order valence-electron chi connectivity index (χ3n) is 3.45. The summed E-state index contributed by atoms with van der Waals surface area (Å²) in [5.41, 5.74) is 0. The van der Waals surface area contributed by atoms with Crippen LogP contribution < -0.4 is 4.90 Å². The van der Waals surface area contributed by atoms with E-state index in [0.717, 1.165) is 10.7 Å². The van der Waals surface area contributed by atoms with Crippen LogP contribution in [0.3, 0.4) is 0 Å². The Labute approximate surface area is 115 Å². The quantitative estimate of drug-likeness (QED) is 0.870. The average molecular weight is 280 g/mol. The van der Waals surface area contributed by atoms with Gasteiger partial charge in [0.15, 0.2) is 4.77 Å². The van der Waals surface area contributed by atoms with E-state index in [-0.39, 0.29) is 0 Å². The van der Waals surface area contributed by atoms with E-state index in [1.165, 1.54) is 17.7 Å². The lowest BCUT2D eigenvalue weighted by molar-refractivity contribution is 0.660. The summed E-state index contributed by atoms with van der Waals surface area (Å²) < 4.78 is 2.89. The number of anilines is 1. The van der Waals surface area contributed by atoms with Gasteiger partial charge in [0.05, 0.1) is 6.04 Å². The lowest BCUT2D eigenvalue weighted by Gasteiger charge is -2.25. The fourth-order valence-corrected chi connectivity index (χ4v) is 3.20. The number of aromatic nitrogens is 3. The molecule has 1 atom stereocenters. The fourth-order valence-electron chi connectivity index (χ4n) is 2.10. The van der Waals surface area contributed by atoms with Crippen molar-refractivity contribution >= 4 is 29.5 Å². The second-order valence-electron chi connectivity index (χ2n) is 4.73. The van der Waals surface area contributed by atoms with E-state index in [1.54, 1.807) is 11.3 Å². The number of hydrogen-bond acceptors (Lipinski definition) is 4. The zero-order valence-electron chi connectivity index (χ0n) is 10.5. The highest BCUT2D eigenvalue weighted by atomic mass is 32.1. The molecule has 18 heavy (non-hydrogen) atoms. The molecule has 1 fully saturated rings. The first-order valence-electron chi connectivity index (χ1n) is 6.11. The molecule has 0 amide bonds. The van der Waals surface area contributed by atoms with E-state index < -0.39 is 0 Å². The van der Waals surface area contributed by atoms with Crippen molar-refractivity contribution in [3.8, 4) is 0 Å². The van der Waals surface area contributed by atoms with Crippen molar-refractivity contribution in [1.82, 2.24) is 14.8 Å². The number of hydrogen-bond donors (Lipinski definition) is 1. The van der Waals surface area contributed by atoms with Gasteiger partial charge in [0.1, 0.15) is 0 Å². The highest BCUT2D eigenvalue weighted by Gasteiger charge is 2.29. The molecule has 2 aromatic heterocycles. The summed E-state index contributed by atoms with van der Waals surface area (Å²) in [6.07, 6.45) is 2.42. The van der Waals surface area contributed by atoms with Gasteiger partial charge in [-0.1, -0.05) is 6.07 Å². The summed E-state index contributed by atoms with van der Waals surface area (Å²) in [7, 11) is 2.08. The Morgan fingerprint density at radius 3 is 3.00 bits per heavy atom. The standard InChI is InChI=1S/C12H16N4S2/c1-8(10-4-3-7-18-10)15(2)11-13-14-12(17)16(11)9-5-6-9/h3-4,7-9H,5-6H2,1-2H3,(H,14,17). The normalized spacial score (nSPS) is 16.8. The fraction of sp³-hybridized carbons (Fsp3) is 0.500. The number of aromatic amines is 1. The van der Waals surface area contributed by atoms with Gasteiger partial charge in [-0.15, -0.1) is 16.4 Å². The number of rotatable bonds is 4. The maximum atomic E-state index is 5.32. The topological polar surface area (TPSA) is 36.9 Å². The molecule has 0 bridgehead atoms. The molecule has 6 heteroatoms. The van der Waals surface area contributed by atoms with Crippen molar-refractivity contribution in [2.45, 2.75) is 31.8 Å². The molecule has 1 aliphatic rings. The number of nitrogens with zero attached hydrogens (tertiary/aromatic N) is 3. The predicted molar refractivity (Wildman–Crippen MR) is 76.8 cm³/mol. The smallest absolute Gasteiger partial charge is 0.226 e. The van der Waals surface area contributed by atoms with Gasteiger partial charge >= 0.3 is 0 Å². The molecular weight excluding hydrogens is 264 g/mol. The van der Waals surface area contributed by atoms with Gasteiger partial charge in [-0.3, -0.25) is 4.57 Å². The third kappa shape index (κ3) is 1.99.